The fourth-order valence-electron chi connectivity index (χ4n) is 4.66. The van der Waals surface area contributed by atoms with Crippen molar-refractivity contribution in [1.29, 1.82) is 0 Å². The first-order valence-corrected chi connectivity index (χ1v) is 16.1. The number of hydrogen-bond donors (Lipinski definition) is 5. The van der Waals surface area contributed by atoms with Crippen molar-refractivity contribution in [2.45, 2.75) is 58.8 Å². The predicted octanol–water partition coefficient (Wildman–Crippen LogP) is 1.25. The van der Waals surface area contributed by atoms with E-state index in [1.165, 1.54) is 11.0 Å². The lowest BCUT2D eigenvalue weighted by atomic mass is 10.1. The smallest absolute Gasteiger partial charge is 0.410 e. The number of rotatable bonds is 15. The van der Waals surface area contributed by atoms with Crippen molar-refractivity contribution in [3.8, 4) is 5.75 Å². The highest BCUT2D eigenvalue weighted by molar-refractivity contribution is 6.01. The van der Waals surface area contributed by atoms with Gasteiger partial charge in [0.2, 0.25) is 23.6 Å². The molecule has 1 saturated heterocycles. The van der Waals surface area contributed by atoms with Crippen LogP contribution in [0, 0.1) is 0 Å². The Kier molecular flexibility index (Phi) is 14.5. The molecule has 16 nitrogen and oxygen atoms in total. The van der Waals surface area contributed by atoms with E-state index in [1.54, 1.807) is 64.1 Å². The zero-order valence-electron chi connectivity index (χ0n) is 28.6. The molecule has 6 amide bonds. The van der Waals surface area contributed by atoms with Crippen molar-refractivity contribution in [2.75, 3.05) is 44.6 Å². The second-order valence-corrected chi connectivity index (χ2v) is 12.1. The Labute approximate surface area is 289 Å². The average molecular weight is 697 g/mol. The van der Waals surface area contributed by atoms with Crippen molar-refractivity contribution in [1.82, 2.24) is 26.2 Å². The minimum absolute atomic E-state index is 0.00419. The lowest BCUT2D eigenvalue weighted by Crippen LogP contribution is -2.45. The summed E-state index contributed by atoms with van der Waals surface area (Å²) in [5, 5.41) is 12.2. The third-order valence-electron chi connectivity index (χ3n) is 6.98. The van der Waals surface area contributed by atoms with Crippen LogP contribution in [0.25, 0.3) is 0 Å². The second kappa shape index (κ2) is 18.8. The maximum absolute atomic E-state index is 13.3. The van der Waals surface area contributed by atoms with Crippen LogP contribution in [0.5, 0.6) is 5.75 Å². The number of nitrogens with one attached hydrogen (secondary N) is 5. The van der Waals surface area contributed by atoms with E-state index in [-0.39, 0.29) is 31.0 Å². The zero-order chi connectivity index (χ0) is 36.7. The number of anilines is 1. The molecule has 0 aromatic heterocycles. The average Bonchev–Trinajstić information content (AvgIpc) is 3.58. The Balaban J connectivity index is 1.60. The van der Waals surface area contributed by atoms with Gasteiger partial charge in [-0.1, -0.05) is 24.3 Å². The van der Waals surface area contributed by atoms with Crippen LogP contribution >= 0.6 is 0 Å². The number of benzene rings is 2. The Morgan fingerprint density at radius 3 is 2.06 bits per heavy atom. The summed E-state index contributed by atoms with van der Waals surface area (Å²) in [6.45, 7) is 5.65. The number of carbonyl (C=O) groups is 7. The molecule has 0 spiro atoms. The van der Waals surface area contributed by atoms with Crippen molar-refractivity contribution in [2.24, 2.45) is 0 Å². The van der Waals surface area contributed by atoms with Gasteiger partial charge in [0.15, 0.2) is 0 Å². The first kappa shape index (κ1) is 38.8. The largest absolute Gasteiger partial charge is 0.489 e. The normalized spacial score (nSPS) is 13.8. The molecule has 1 aliphatic rings. The van der Waals surface area contributed by atoms with E-state index in [0.29, 0.717) is 30.7 Å². The van der Waals surface area contributed by atoms with Gasteiger partial charge in [-0.2, -0.15) is 0 Å². The van der Waals surface area contributed by atoms with Crippen LogP contribution in [-0.4, -0.2) is 97.5 Å². The molecule has 1 heterocycles. The Morgan fingerprint density at radius 1 is 0.820 bits per heavy atom. The van der Waals surface area contributed by atoms with Gasteiger partial charge in [-0.3, -0.25) is 33.7 Å². The molecule has 2 aromatic carbocycles. The van der Waals surface area contributed by atoms with Crippen molar-refractivity contribution < 1.29 is 47.8 Å². The SMILES string of the molecule is CCOC(=O)CNC(=O)CNC(=O)CNC(=O)CNC(=O)c1cc(NC(=O)[C@@H]2CCCN2C(=O)OC(C)(C)C)ccc1COc1ccccc1. The van der Waals surface area contributed by atoms with Gasteiger partial charge in [0.1, 0.15) is 30.5 Å². The minimum atomic E-state index is -0.761. The third kappa shape index (κ3) is 13.1. The topological polar surface area (TPSA) is 211 Å². The van der Waals surface area contributed by atoms with E-state index < -0.39 is 72.9 Å². The molecule has 1 atom stereocenters. The fraction of sp³-hybridized carbons (Fsp3) is 0.441. The number of ether oxygens (including phenoxy) is 3. The van der Waals surface area contributed by atoms with Gasteiger partial charge in [0.25, 0.3) is 5.91 Å². The van der Waals surface area contributed by atoms with Crippen LogP contribution in [0.3, 0.4) is 0 Å². The van der Waals surface area contributed by atoms with E-state index in [2.05, 4.69) is 26.6 Å². The highest BCUT2D eigenvalue weighted by Crippen LogP contribution is 2.24. The van der Waals surface area contributed by atoms with Crippen LogP contribution < -0.4 is 31.3 Å². The summed E-state index contributed by atoms with van der Waals surface area (Å²) in [5.74, 6) is -3.14. The van der Waals surface area contributed by atoms with Crippen molar-refractivity contribution in [3.05, 3.63) is 59.7 Å². The van der Waals surface area contributed by atoms with E-state index in [1.807, 2.05) is 6.07 Å². The van der Waals surface area contributed by atoms with Crippen LogP contribution in [0.2, 0.25) is 0 Å². The van der Waals surface area contributed by atoms with Gasteiger partial charge in [0, 0.05) is 23.4 Å². The van der Waals surface area contributed by atoms with Gasteiger partial charge in [-0.25, -0.2) is 4.79 Å². The molecular weight excluding hydrogens is 652 g/mol. The molecule has 0 bridgehead atoms. The van der Waals surface area contributed by atoms with Crippen LogP contribution in [0.1, 0.15) is 56.5 Å². The summed E-state index contributed by atoms with van der Waals surface area (Å²) < 4.78 is 16.0. The predicted molar refractivity (Wildman–Crippen MR) is 180 cm³/mol. The first-order valence-electron chi connectivity index (χ1n) is 16.1. The number of likely N-dealkylation sites (tertiary alicyclic amines) is 1. The number of carbonyl (C=O) groups excluding carboxylic acids is 7. The van der Waals surface area contributed by atoms with Crippen LogP contribution in [0.15, 0.2) is 48.5 Å². The summed E-state index contributed by atoms with van der Waals surface area (Å²) >= 11 is 0. The molecule has 0 saturated carbocycles. The maximum atomic E-state index is 13.3. The molecule has 0 aliphatic carbocycles. The van der Waals surface area contributed by atoms with Gasteiger partial charge in [-0.15, -0.1) is 0 Å². The molecule has 3 rings (SSSR count). The van der Waals surface area contributed by atoms with Crippen molar-refractivity contribution in [3.63, 3.8) is 0 Å². The van der Waals surface area contributed by atoms with Crippen molar-refractivity contribution >= 4 is 47.3 Å². The molecule has 270 valence electrons. The molecule has 1 aliphatic heterocycles. The number of esters is 1. The van der Waals surface area contributed by atoms with Crippen LogP contribution in [-0.2, 0) is 40.1 Å². The van der Waals surface area contributed by atoms with E-state index in [0.717, 1.165) is 0 Å². The highest BCUT2D eigenvalue weighted by atomic mass is 16.6. The van der Waals surface area contributed by atoms with Gasteiger partial charge in [-0.05, 0) is 64.8 Å². The summed E-state index contributed by atoms with van der Waals surface area (Å²) in [4.78, 5) is 88.3. The number of nitrogens with zero attached hydrogens (tertiary/aromatic N) is 1. The molecule has 50 heavy (non-hydrogen) atoms. The molecule has 2 aromatic rings. The standard InChI is InChI=1S/C34H44N6O10/c1-5-48-30(44)20-37-28(42)18-35-27(41)17-36-29(43)19-38-31(45)25-16-23(14-13-22(25)21-49-24-10-7-6-8-11-24)39-32(46)26-12-9-15-40(26)33(47)50-34(2,3)4/h6-8,10-11,13-14,16,26H,5,9,12,15,17-21H2,1-4H3,(H,35,41)(H,36,43)(H,37,42)(H,38,45)(H,39,46)/t26-/m0/s1. The van der Waals surface area contributed by atoms with Gasteiger partial charge < -0.3 is 40.8 Å². The minimum Gasteiger partial charge on any atom is -0.489 e. The van der Waals surface area contributed by atoms with E-state index in [4.69, 9.17) is 14.2 Å². The Morgan fingerprint density at radius 2 is 1.44 bits per heavy atom. The molecular formula is C34H44N6O10. The molecule has 0 unspecified atom stereocenters. The van der Waals surface area contributed by atoms with Gasteiger partial charge in [0.05, 0.1) is 26.2 Å². The summed E-state index contributed by atoms with van der Waals surface area (Å²) in [6, 6.07) is 12.8. The summed E-state index contributed by atoms with van der Waals surface area (Å²) in [7, 11) is 0. The molecule has 16 heteroatoms. The monoisotopic (exact) mass is 696 g/mol. The third-order valence-corrected chi connectivity index (χ3v) is 6.98. The highest BCUT2D eigenvalue weighted by Gasteiger charge is 2.36. The lowest BCUT2D eigenvalue weighted by Gasteiger charge is -2.28. The zero-order valence-corrected chi connectivity index (χ0v) is 28.6. The lowest BCUT2D eigenvalue weighted by molar-refractivity contribution is -0.143. The summed E-state index contributed by atoms with van der Waals surface area (Å²) in [5.41, 5.74) is 0.136. The number of amides is 6. The maximum Gasteiger partial charge on any atom is 0.410 e. The molecule has 5 N–H and O–H groups in total. The Hall–Kier alpha value is -5.67. The second-order valence-electron chi connectivity index (χ2n) is 12.1. The summed E-state index contributed by atoms with van der Waals surface area (Å²) in [6.07, 6.45) is 0.477. The van der Waals surface area contributed by atoms with E-state index >= 15 is 0 Å². The quantitative estimate of drug-likeness (QED) is 0.168. The molecule has 0 radical (unpaired) electrons. The van der Waals surface area contributed by atoms with Crippen LogP contribution in [0.4, 0.5) is 10.5 Å². The fourth-order valence-corrected chi connectivity index (χ4v) is 4.66. The van der Waals surface area contributed by atoms with E-state index in [9.17, 15) is 33.6 Å². The number of hydrogen-bond acceptors (Lipinski definition) is 10. The first-order chi connectivity index (χ1) is 23.8. The number of para-hydroxylation sites is 1. The Bertz CT molecular complexity index is 1540. The van der Waals surface area contributed by atoms with Gasteiger partial charge >= 0.3 is 12.1 Å². The molecule has 1 fully saturated rings.